The molecule has 1 atom stereocenters. The first-order valence-corrected chi connectivity index (χ1v) is 12.1. The highest BCUT2D eigenvalue weighted by Crippen LogP contribution is 2.25. The number of hydrogen-bond acceptors (Lipinski definition) is 4. The number of nitrogens with zero attached hydrogens (tertiary/aromatic N) is 2. The van der Waals surface area contributed by atoms with Crippen molar-refractivity contribution in [2.24, 2.45) is 0 Å². The normalized spacial score (nSPS) is 15.5. The number of ether oxygens (including phenoxy) is 1. The topological polar surface area (TPSA) is 32.8 Å². The van der Waals surface area contributed by atoms with E-state index in [0.717, 1.165) is 10.4 Å². The minimum Gasteiger partial charge on any atom is -0.367 e. The van der Waals surface area contributed by atoms with Crippen LogP contribution in [-0.2, 0) is 22.6 Å². The predicted octanol–water partition coefficient (Wildman–Crippen LogP) is 5.32. The summed E-state index contributed by atoms with van der Waals surface area (Å²) < 4.78 is 34.2. The molecule has 4 nitrogen and oxygen atoms in total. The molecule has 0 N–H and O–H groups in total. The number of halogens is 3. The van der Waals surface area contributed by atoms with Gasteiger partial charge in [-0.15, -0.1) is 11.3 Å². The van der Waals surface area contributed by atoms with Gasteiger partial charge in [-0.05, 0) is 41.3 Å². The second-order valence-electron chi connectivity index (χ2n) is 7.99. The van der Waals surface area contributed by atoms with E-state index in [4.69, 9.17) is 16.3 Å². The zero-order valence-electron chi connectivity index (χ0n) is 18.1. The molecule has 1 amide bonds. The highest BCUT2D eigenvalue weighted by atomic mass is 35.5. The van der Waals surface area contributed by atoms with Crippen molar-refractivity contribution in [2.75, 3.05) is 32.7 Å². The van der Waals surface area contributed by atoms with Crippen molar-refractivity contribution in [3.05, 3.63) is 92.6 Å². The van der Waals surface area contributed by atoms with E-state index in [1.807, 2.05) is 34.5 Å². The molecule has 0 spiro atoms. The third kappa shape index (κ3) is 6.38. The molecule has 4 rings (SSSR count). The molecule has 1 saturated heterocycles. The van der Waals surface area contributed by atoms with Gasteiger partial charge in [-0.3, -0.25) is 9.69 Å². The van der Waals surface area contributed by atoms with Crippen LogP contribution in [0.3, 0.4) is 0 Å². The molecule has 0 unspecified atom stereocenters. The molecule has 8 heteroatoms. The van der Waals surface area contributed by atoms with Crippen molar-refractivity contribution in [3.63, 3.8) is 0 Å². The third-order valence-corrected chi connectivity index (χ3v) is 6.92. The summed E-state index contributed by atoms with van der Waals surface area (Å²) in [5.74, 6) is -1.11. The first-order valence-electron chi connectivity index (χ1n) is 10.8. The van der Waals surface area contributed by atoms with E-state index in [-0.39, 0.29) is 18.1 Å². The van der Waals surface area contributed by atoms with Gasteiger partial charge in [0, 0.05) is 48.2 Å². The van der Waals surface area contributed by atoms with Crippen molar-refractivity contribution in [1.82, 2.24) is 9.80 Å². The lowest BCUT2D eigenvalue weighted by Gasteiger charge is -2.36. The second-order valence-corrected chi connectivity index (χ2v) is 9.46. The Morgan fingerprint density at radius 1 is 1.00 bits per heavy atom. The Morgan fingerprint density at radius 3 is 2.33 bits per heavy atom. The van der Waals surface area contributed by atoms with Crippen LogP contribution in [0.5, 0.6) is 0 Å². The van der Waals surface area contributed by atoms with Gasteiger partial charge >= 0.3 is 0 Å². The predicted molar refractivity (Wildman–Crippen MR) is 126 cm³/mol. The van der Waals surface area contributed by atoms with Gasteiger partial charge in [-0.1, -0.05) is 35.9 Å². The average Bonchev–Trinajstić information content (AvgIpc) is 3.32. The zero-order chi connectivity index (χ0) is 23.2. The summed E-state index contributed by atoms with van der Waals surface area (Å²) in [6.07, 6.45) is 0.0391. The molecule has 0 aliphatic carbocycles. The van der Waals surface area contributed by atoms with Crippen molar-refractivity contribution >= 4 is 28.8 Å². The van der Waals surface area contributed by atoms with Crippen LogP contribution in [0.15, 0.2) is 60.0 Å². The fourth-order valence-electron chi connectivity index (χ4n) is 3.87. The number of thiophene rings is 1. The lowest BCUT2D eigenvalue weighted by Crippen LogP contribution is -2.50. The Balaban J connectivity index is 1.38. The average molecular weight is 491 g/mol. The maximum Gasteiger partial charge on any atom is 0.227 e. The smallest absolute Gasteiger partial charge is 0.227 e. The van der Waals surface area contributed by atoms with E-state index in [9.17, 15) is 13.6 Å². The molecular weight excluding hydrogens is 466 g/mol. The number of hydrogen-bond donors (Lipinski definition) is 0. The Labute approximate surface area is 201 Å². The fraction of sp³-hybridized carbons (Fsp3) is 0.320. The molecule has 33 heavy (non-hydrogen) atoms. The van der Waals surface area contributed by atoms with E-state index in [1.54, 1.807) is 23.5 Å². The van der Waals surface area contributed by atoms with E-state index in [0.29, 0.717) is 44.2 Å². The Bertz CT molecular complexity index is 1030. The molecule has 2 heterocycles. The lowest BCUT2D eigenvalue weighted by molar-refractivity contribution is -0.132. The second kappa shape index (κ2) is 11.2. The standard InChI is InChI=1S/C25H25ClF2N2O2S/c26-19-8-6-18(7-9-19)24(32-17-21-22(27)4-1-5-23(21)28)16-29-10-12-30(13-11-29)25(31)15-20-3-2-14-33-20/h1-9,14,24H,10-13,15-17H2/t24-/m0/s1. The molecule has 0 saturated carbocycles. The largest absolute Gasteiger partial charge is 0.367 e. The number of amides is 1. The van der Waals surface area contributed by atoms with Crippen LogP contribution in [0.2, 0.25) is 5.02 Å². The summed E-state index contributed by atoms with van der Waals surface area (Å²) in [5, 5.41) is 2.58. The summed E-state index contributed by atoms with van der Waals surface area (Å²) in [7, 11) is 0. The summed E-state index contributed by atoms with van der Waals surface area (Å²) in [6.45, 7) is 3.06. The highest BCUT2D eigenvalue weighted by molar-refractivity contribution is 7.10. The highest BCUT2D eigenvalue weighted by Gasteiger charge is 2.25. The van der Waals surface area contributed by atoms with Gasteiger partial charge in [0.1, 0.15) is 11.6 Å². The van der Waals surface area contributed by atoms with Crippen molar-refractivity contribution in [1.29, 1.82) is 0 Å². The molecule has 0 radical (unpaired) electrons. The molecular formula is C25H25ClF2N2O2S. The van der Waals surface area contributed by atoms with Gasteiger partial charge in [0.05, 0.1) is 19.1 Å². The van der Waals surface area contributed by atoms with Crippen LogP contribution < -0.4 is 0 Å². The molecule has 1 aliphatic heterocycles. The van der Waals surface area contributed by atoms with Gasteiger partial charge in [-0.2, -0.15) is 0 Å². The van der Waals surface area contributed by atoms with Gasteiger partial charge in [0.2, 0.25) is 5.91 Å². The molecule has 2 aromatic carbocycles. The Hall–Kier alpha value is -2.32. The monoisotopic (exact) mass is 490 g/mol. The first kappa shape index (κ1) is 23.8. The number of carbonyl (C=O) groups is 1. The third-order valence-electron chi connectivity index (χ3n) is 5.79. The summed E-state index contributed by atoms with van der Waals surface area (Å²) >= 11 is 7.62. The van der Waals surface area contributed by atoms with E-state index in [1.165, 1.54) is 18.2 Å². The van der Waals surface area contributed by atoms with Gasteiger partial charge in [-0.25, -0.2) is 8.78 Å². The fourth-order valence-corrected chi connectivity index (χ4v) is 4.70. The number of piperazine rings is 1. The minimum atomic E-state index is -0.622. The van der Waals surface area contributed by atoms with Crippen molar-refractivity contribution in [3.8, 4) is 0 Å². The maximum atomic E-state index is 14.1. The number of benzene rings is 2. The summed E-state index contributed by atoms with van der Waals surface area (Å²) in [5.41, 5.74) is 0.799. The number of rotatable bonds is 8. The van der Waals surface area contributed by atoms with Crippen LogP contribution in [0.1, 0.15) is 22.1 Å². The van der Waals surface area contributed by atoms with Gasteiger partial charge < -0.3 is 9.64 Å². The number of carbonyl (C=O) groups excluding carboxylic acids is 1. The molecule has 1 fully saturated rings. The molecule has 1 aliphatic rings. The quantitative estimate of drug-likeness (QED) is 0.428. The van der Waals surface area contributed by atoms with Crippen LogP contribution in [-0.4, -0.2) is 48.4 Å². The molecule has 0 bridgehead atoms. The van der Waals surface area contributed by atoms with Crippen LogP contribution >= 0.6 is 22.9 Å². The minimum absolute atomic E-state index is 0.0829. The lowest BCUT2D eigenvalue weighted by atomic mass is 10.1. The molecule has 174 valence electrons. The van der Waals surface area contributed by atoms with E-state index >= 15 is 0 Å². The van der Waals surface area contributed by atoms with Crippen LogP contribution in [0, 0.1) is 11.6 Å². The Kier molecular flexibility index (Phi) is 8.09. The molecule has 1 aromatic heterocycles. The van der Waals surface area contributed by atoms with Crippen LogP contribution in [0.4, 0.5) is 8.78 Å². The zero-order valence-corrected chi connectivity index (χ0v) is 19.6. The van der Waals surface area contributed by atoms with E-state index < -0.39 is 17.7 Å². The summed E-state index contributed by atoms with van der Waals surface area (Å²) in [6, 6.07) is 15.0. The summed E-state index contributed by atoms with van der Waals surface area (Å²) in [4.78, 5) is 17.8. The van der Waals surface area contributed by atoms with Gasteiger partial charge in [0.25, 0.3) is 0 Å². The van der Waals surface area contributed by atoms with Crippen molar-refractivity contribution < 1.29 is 18.3 Å². The van der Waals surface area contributed by atoms with Crippen molar-refractivity contribution in [2.45, 2.75) is 19.1 Å². The molecule has 3 aromatic rings. The SMILES string of the molecule is O=C(Cc1cccs1)N1CCN(C[C@H](OCc2c(F)cccc2F)c2ccc(Cl)cc2)CC1. The van der Waals surface area contributed by atoms with Crippen LogP contribution in [0.25, 0.3) is 0 Å². The maximum absolute atomic E-state index is 14.1. The van der Waals surface area contributed by atoms with E-state index in [2.05, 4.69) is 4.90 Å². The first-order chi connectivity index (χ1) is 16.0. The van der Waals surface area contributed by atoms with Gasteiger partial charge in [0.15, 0.2) is 0 Å². The Morgan fingerprint density at radius 2 is 1.70 bits per heavy atom.